The van der Waals surface area contributed by atoms with Gasteiger partial charge in [-0.05, 0) is 60.0 Å². The molecule has 0 aliphatic rings. The lowest BCUT2D eigenvalue weighted by Crippen LogP contribution is -2.48. The molecule has 0 aliphatic carbocycles. The highest BCUT2D eigenvalue weighted by Crippen LogP contribution is 2.25. The summed E-state index contributed by atoms with van der Waals surface area (Å²) in [5.41, 5.74) is 0.949. The third kappa shape index (κ3) is 13.6. The lowest BCUT2D eigenvalue weighted by molar-refractivity contribution is -0.150. The molecule has 0 saturated heterocycles. The lowest BCUT2D eigenvalue weighted by Gasteiger charge is -2.32. The molecule has 0 unspecified atom stereocenters. The normalized spacial score (nSPS) is 19.3. The van der Waals surface area contributed by atoms with Crippen LogP contribution in [0.1, 0.15) is 67.2 Å². The minimum absolute atomic E-state index is 0.0554. The van der Waals surface area contributed by atoms with Crippen molar-refractivity contribution >= 4 is 5.97 Å². The van der Waals surface area contributed by atoms with Crippen molar-refractivity contribution in [2.45, 2.75) is 109 Å². The zero-order valence-electron chi connectivity index (χ0n) is 23.0. The van der Waals surface area contributed by atoms with Crippen molar-refractivity contribution in [1.29, 1.82) is 0 Å². The lowest BCUT2D eigenvalue weighted by atomic mass is 9.88. The first-order chi connectivity index (χ1) is 17.2. The number of aliphatic hydroxyl groups excluding tert-OH is 6. The van der Waals surface area contributed by atoms with E-state index in [1.165, 1.54) is 13.0 Å². The second-order valence-electron chi connectivity index (χ2n) is 9.96. The Bertz CT molecular complexity index is 754. The molecule has 7 atom stereocenters. The third-order valence-corrected chi connectivity index (χ3v) is 6.23. The van der Waals surface area contributed by atoms with Gasteiger partial charge in [-0.25, -0.2) is 0 Å². The van der Waals surface area contributed by atoms with Crippen molar-refractivity contribution in [2.75, 3.05) is 19.8 Å². The summed E-state index contributed by atoms with van der Waals surface area (Å²) in [6.45, 7) is 8.90. The maximum Gasteiger partial charge on any atom is 0.310 e. The van der Waals surface area contributed by atoms with Crippen LogP contribution in [0.4, 0.5) is 0 Å². The van der Waals surface area contributed by atoms with E-state index in [-0.39, 0.29) is 19.4 Å². The van der Waals surface area contributed by atoms with Crippen molar-refractivity contribution in [1.82, 2.24) is 0 Å². The first-order valence-electron chi connectivity index (χ1n) is 12.6. The molecule has 0 aromatic carbocycles. The molecular formula is C27H48O10. The number of esters is 1. The minimum atomic E-state index is -1.67. The van der Waals surface area contributed by atoms with Crippen LogP contribution in [-0.2, 0) is 14.3 Å². The maximum absolute atomic E-state index is 12.5. The number of hydrogen-bond acceptors (Lipinski definition) is 10. The summed E-state index contributed by atoms with van der Waals surface area (Å²) in [5.74, 6) is -0.513. The number of carbonyl (C=O) groups is 1. The van der Waals surface area contributed by atoms with Crippen molar-refractivity contribution in [2.24, 2.45) is 0 Å². The highest BCUT2D eigenvalue weighted by Gasteiger charge is 2.34. The molecule has 0 amide bonds. The molecule has 0 saturated carbocycles. The average molecular weight is 533 g/mol. The van der Waals surface area contributed by atoms with Gasteiger partial charge in [0.2, 0.25) is 0 Å². The molecule has 37 heavy (non-hydrogen) atoms. The number of aliphatic hydroxyl groups is 7. The predicted molar refractivity (Wildman–Crippen MR) is 140 cm³/mol. The van der Waals surface area contributed by atoms with E-state index in [4.69, 9.17) is 14.6 Å². The van der Waals surface area contributed by atoms with Gasteiger partial charge < -0.3 is 45.2 Å². The Morgan fingerprint density at radius 2 is 1.57 bits per heavy atom. The second-order valence-corrected chi connectivity index (χ2v) is 9.96. The Morgan fingerprint density at radius 3 is 2.08 bits per heavy atom. The van der Waals surface area contributed by atoms with Crippen LogP contribution >= 0.6 is 0 Å². The van der Waals surface area contributed by atoms with E-state index in [1.807, 2.05) is 19.9 Å². The number of allylic oxidation sites excluding steroid dienone is 3. The molecule has 0 aliphatic heterocycles. The zero-order valence-corrected chi connectivity index (χ0v) is 23.0. The summed E-state index contributed by atoms with van der Waals surface area (Å²) >= 11 is 0. The first-order valence-corrected chi connectivity index (χ1v) is 12.6. The highest BCUT2D eigenvalue weighted by molar-refractivity contribution is 5.72. The van der Waals surface area contributed by atoms with Crippen LogP contribution in [0.2, 0.25) is 0 Å². The van der Waals surface area contributed by atoms with Gasteiger partial charge in [0.05, 0.1) is 37.9 Å². The van der Waals surface area contributed by atoms with Crippen LogP contribution in [0.5, 0.6) is 0 Å². The summed E-state index contributed by atoms with van der Waals surface area (Å²) in [6, 6.07) is 0. The Morgan fingerprint density at radius 1 is 0.973 bits per heavy atom. The fourth-order valence-electron chi connectivity index (χ4n) is 3.42. The van der Waals surface area contributed by atoms with Crippen molar-refractivity contribution in [3.8, 4) is 0 Å². The monoisotopic (exact) mass is 532 g/mol. The number of hydrogen-bond donors (Lipinski definition) is 7. The summed E-state index contributed by atoms with van der Waals surface area (Å²) in [6.07, 6.45) is -2.22. The topological polar surface area (TPSA) is 177 Å². The molecule has 0 bridgehead atoms. The summed E-state index contributed by atoms with van der Waals surface area (Å²) < 4.78 is 11.1. The number of carbonyl (C=O) groups excluding carboxylic acids is 1. The van der Waals surface area contributed by atoms with Crippen LogP contribution in [0.25, 0.3) is 0 Å². The Labute approximate surface area is 220 Å². The SMILES string of the molecule is C/C=C(\C)CC(=O)O[C@@H](C[C@H](O)[C@@](C)(O)CCC=C(C)C)/C(C)=C/CO[C@@H]([C@@H](O)[C@@H](O)CO)[C@H](O)CO. The summed E-state index contributed by atoms with van der Waals surface area (Å²) in [5, 5.41) is 69.7. The van der Waals surface area contributed by atoms with E-state index in [1.54, 1.807) is 26.8 Å². The van der Waals surface area contributed by atoms with E-state index in [9.17, 15) is 35.4 Å². The average Bonchev–Trinajstić information content (AvgIpc) is 2.83. The highest BCUT2D eigenvalue weighted by atomic mass is 16.5. The van der Waals surface area contributed by atoms with Gasteiger partial charge in [-0.15, -0.1) is 0 Å². The molecule has 0 spiro atoms. The van der Waals surface area contributed by atoms with Crippen LogP contribution in [0.3, 0.4) is 0 Å². The van der Waals surface area contributed by atoms with Crippen LogP contribution < -0.4 is 0 Å². The van der Waals surface area contributed by atoms with Gasteiger partial charge in [-0.2, -0.15) is 0 Å². The maximum atomic E-state index is 12.5. The van der Waals surface area contributed by atoms with E-state index in [0.29, 0.717) is 18.4 Å². The van der Waals surface area contributed by atoms with Gasteiger partial charge in [0.1, 0.15) is 30.5 Å². The quantitative estimate of drug-likeness (QED) is 0.0991. The van der Waals surface area contributed by atoms with E-state index < -0.39 is 61.4 Å². The Balaban J connectivity index is 5.66. The van der Waals surface area contributed by atoms with Crippen LogP contribution in [0.15, 0.2) is 34.9 Å². The Kier molecular flexibility index (Phi) is 17.0. The molecule has 7 N–H and O–H groups in total. The molecule has 0 fully saturated rings. The Hall–Kier alpha value is -1.63. The van der Waals surface area contributed by atoms with Gasteiger partial charge in [-0.1, -0.05) is 29.4 Å². The van der Waals surface area contributed by atoms with Gasteiger partial charge >= 0.3 is 5.97 Å². The van der Waals surface area contributed by atoms with Crippen LogP contribution in [-0.4, -0.2) is 104 Å². The molecule has 0 aromatic heterocycles. The fourth-order valence-corrected chi connectivity index (χ4v) is 3.42. The van der Waals surface area contributed by atoms with Crippen molar-refractivity contribution < 1.29 is 50.0 Å². The van der Waals surface area contributed by atoms with Gasteiger partial charge in [0, 0.05) is 6.42 Å². The van der Waals surface area contributed by atoms with Crippen LogP contribution in [0, 0.1) is 0 Å². The smallest absolute Gasteiger partial charge is 0.310 e. The second kappa shape index (κ2) is 17.8. The largest absolute Gasteiger partial charge is 0.457 e. The fraction of sp³-hybridized carbons (Fsp3) is 0.741. The molecule has 10 heteroatoms. The van der Waals surface area contributed by atoms with Gasteiger partial charge in [-0.3, -0.25) is 4.79 Å². The van der Waals surface area contributed by atoms with E-state index >= 15 is 0 Å². The molecular weight excluding hydrogens is 484 g/mol. The van der Waals surface area contributed by atoms with Gasteiger partial charge in [0.25, 0.3) is 0 Å². The van der Waals surface area contributed by atoms with Crippen molar-refractivity contribution in [3.05, 3.63) is 34.9 Å². The van der Waals surface area contributed by atoms with E-state index in [0.717, 1.165) is 11.1 Å². The predicted octanol–water partition coefficient (Wildman–Crippen LogP) is 0.902. The third-order valence-electron chi connectivity index (χ3n) is 6.23. The molecule has 216 valence electrons. The standard InChI is InChI=1S/C27H48O10/c1-7-18(4)13-24(33)37-22(14-23(32)27(6,35)11-8-9-17(2)3)19(5)10-12-36-26(21(31)16-29)25(34)20(30)15-28/h7,9-10,20-23,25-26,28-32,34-35H,8,11-16H2,1-6H3/b18-7+,19-10+/t20-,21+,22-,23-,25-,26+,27-/m0/s1. The number of ether oxygens (including phenoxy) is 2. The molecule has 10 nitrogen and oxygen atoms in total. The molecule has 0 aromatic rings. The summed E-state index contributed by atoms with van der Waals surface area (Å²) in [7, 11) is 0. The summed E-state index contributed by atoms with van der Waals surface area (Å²) in [4.78, 5) is 12.5. The molecule has 0 rings (SSSR count). The zero-order chi connectivity index (χ0) is 28.8. The van der Waals surface area contributed by atoms with Gasteiger partial charge in [0.15, 0.2) is 0 Å². The minimum Gasteiger partial charge on any atom is -0.457 e. The molecule has 0 heterocycles. The number of rotatable bonds is 18. The molecule has 0 radical (unpaired) electrons. The van der Waals surface area contributed by atoms with Crippen molar-refractivity contribution in [3.63, 3.8) is 0 Å². The van der Waals surface area contributed by atoms with E-state index in [2.05, 4.69) is 0 Å². The first kappa shape index (κ1) is 35.4.